The van der Waals surface area contributed by atoms with Crippen LogP contribution in [0.5, 0.6) is 5.75 Å². The Morgan fingerprint density at radius 2 is 1.75 bits per heavy atom. The minimum absolute atomic E-state index is 0.0639. The van der Waals surface area contributed by atoms with Crippen LogP contribution in [0.4, 0.5) is 11.4 Å². The number of anilines is 2. The van der Waals surface area contributed by atoms with Gasteiger partial charge in [0.05, 0.1) is 12.4 Å². The summed E-state index contributed by atoms with van der Waals surface area (Å²) in [5.74, 6) is 2.99. The maximum absolute atomic E-state index is 13.6. The van der Waals surface area contributed by atoms with E-state index in [4.69, 9.17) is 9.47 Å². The molecule has 0 atom stereocenters. The Bertz CT molecular complexity index is 1630. The van der Waals surface area contributed by atoms with Crippen LogP contribution in [0.1, 0.15) is 64.8 Å². The molecule has 1 aromatic heterocycles. The van der Waals surface area contributed by atoms with E-state index in [1.54, 1.807) is 18.1 Å². The number of carbonyl (C=O) groups is 1. The number of rotatable bonds is 17. The van der Waals surface area contributed by atoms with Gasteiger partial charge < -0.3 is 24.3 Å². The summed E-state index contributed by atoms with van der Waals surface area (Å²) >= 11 is 1.72. The number of fused-ring (bicyclic) bond motifs is 1. The topological polar surface area (TPSA) is 81.5 Å². The minimum atomic E-state index is -0.0639. The van der Waals surface area contributed by atoms with Gasteiger partial charge in [0, 0.05) is 48.1 Å². The predicted molar refractivity (Wildman–Crippen MR) is 198 cm³/mol. The number of nitrogens with one attached hydrogen (secondary N) is 1. The number of amides is 1. The van der Waals surface area contributed by atoms with Crippen LogP contribution in [0.15, 0.2) is 83.5 Å². The first-order chi connectivity index (χ1) is 23.4. The minimum Gasteiger partial charge on any atom is -0.491 e. The van der Waals surface area contributed by atoms with Gasteiger partial charge in [-0.1, -0.05) is 52.3 Å². The van der Waals surface area contributed by atoms with E-state index in [0.717, 1.165) is 101 Å². The number of aromatic nitrogens is 3. The highest BCUT2D eigenvalue weighted by molar-refractivity contribution is 7.98. The summed E-state index contributed by atoms with van der Waals surface area (Å²) in [4.78, 5) is 17.2. The molecule has 0 unspecified atom stereocenters. The molecular formula is C39H49N5O3S. The zero-order chi connectivity index (χ0) is 33.7. The Morgan fingerprint density at radius 3 is 2.50 bits per heavy atom. The first-order valence-corrected chi connectivity index (χ1v) is 18.2. The van der Waals surface area contributed by atoms with E-state index >= 15 is 0 Å². The highest BCUT2D eigenvalue weighted by Gasteiger charge is 2.21. The fraction of sp³-hybridized carbons (Fsp3) is 0.410. The van der Waals surface area contributed by atoms with Crippen LogP contribution in [0.2, 0.25) is 0 Å². The first kappa shape index (κ1) is 35.2. The van der Waals surface area contributed by atoms with Crippen LogP contribution >= 0.6 is 11.8 Å². The average molecular weight is 668 g/mol. The molecule has 0 spiro atoms. The highest BCUT2D eigenvalue weighted by atomic mass is 32.2. The number of benzene rings is 3. The Morgan fingerprint density at radius 1 is 0.958 bits per heavy atom. The molecule has 3 aromatic carbocycles. The molecule has 8 nitrogen and oxygen atoms in total. The molecule has 9 heteroatoms. The van der Waals surface area contributed by atoms with Gasteiger partial charge in [0.1, 0.15) is 24.5 Å². The first-order valence-electron chi connectivity index (χ1n) is 17.2. The van der Waals surface area contributed by atoms with E-state index in [1.807, 2.05) is 36.4 Å². The summed E-state index contributed by atoms with van der Waals surface area (Å²) in [7, 11) is 0. The average Bonchev–Trinajstić information content (AvgIpc) is 3.46. The van der Waals surface area contributed by atoms with Crippen molar-refractivity contribution in [2.75, 3.05) is 43.1 Å². The van der Waals surface area contributed by atoms with Gasteiger partial charge in [-0.05, 0) is 96.5 Å². The summed E-state index contributed by atoms with van der Waals surface area (Å²) in [6.07, 6.45) is 7.79. The van der Waals surface area contributed by atoms with Crippen molar-refractivity contribution in [3.63, 3.8) is 0 Å². The highest BCUT2D eigenvalue weighted by Crippen LogP contribution is 2.34. The molecule has 0 saturated heterocycles. The van der Waals surface area contributed by atoms with Crippen LogP contribution < -0.4 is 15.0 Å². The standard InChI is InChI=1S/C39H49N5O3S/c1-5-7-21-46-22-23-47-35-13-8-30(9-14-35)31-10-17-37-33(24-31)25-32(18-20-43(37)26-29(3)4)39(45)41-34-11-15-36(16-12-34)48-27-38-42-40-28-44(38)19-6-2/h8-17,24-25,28-29H,5-7,18-23,26-27H2,1-4H3,(H,41,45). The molecule has 0 radical (unpaired) electrons. The summed E-state index contributed by atoms with van der Waals surface area (Å²) in [5.41, 5.74) is 5.99. The van der Waals surface area contributed by atoms with E-state index in [9.17, 15) is 4.79 Å². The maximum atomic E-state index is 13.6. The SMILES string of the molecule is CCCCOCCOc1ccc(-c2ccc3c(c2)C=C(C(=O)Nc2ccc(SCc4nncn4CCC)cc2)CCN3CC(C)C)cc1. The van der Waals surface area contributed by atoms with Crippen molar-refractivity contribution in [2.45, 2.75) is 70.6 Å². The molecule has 0 saturated carbocycles. The second-order valence-corrected chi connectivity index (χ2v) is 13.6. The fourth-order valence-electron chi connectivity index (χ4n) is 5.71. The molecule has 0 bridgehead atoms. The van der Waals surface area contributed by atoms with E-state index in [2.05, 4.69) is 89.1 Å². The Labute approximate surface area is 289 Å². The van der Waals surface area contributed by atoms with E-state index in [0.29, 0.717) is 25.6 Å². The monoisotopic (exact) mass is 667 g/mol. The van der Waals surface area contributed by atoms with Crippen LogP contribution in [0.3, 0.4) is 0 Å². The molecule has 2 heterocycles. The van der Waals surface area contributed by atoms with E-state index in [1.165, 1.54) is 0 Å². The van der Waals surface area contributed by atoms with E-state index in [-0.39, 0.29) is 5.91 Å². The lowest BCUT2D eigenvalue weighted by Crippen LogP contribution is -2.29. The smallest absolute Gasteiger partial charge is 0.251 e. The lowest BCUT2D eigenvalue weighted by Gasteiger charge is -2.27. The van der Waals surface area contributed by atoms with Gasteiger partial charge in [-0.25, -0.2) is 0 Å². The van der Waals surface area contributed by atoms with Crippen molar-refractivity contribution in [3.8, 4) is 16.9 Å². The zero-order valence-electron chi connectivity index (χ0n) is 28.8. The van der Waals surface area contributed by atoms with Crippen molar-refractivity contribution in [1.82, 2.24) is 14.8 Å². The van der Waals surface area contributed by atoms with Gasteiger partial charge in [-0.2, -0.15) is 0 Å². The molecule has 1 amide bonds. The van der Waals surface area contributed by atoms with Gasteiger partial charge >= 0.3 is 0 Å². The quantitative estimate of drug-likeness (QED) is 0.0891. The number of hydrogen-bond acceptors (Lipinski definition) is 7. The molecule has 48 heavy (non-hydrogen) atoms. The molecule has 4 aromatic rings. The molecule has 1 aliphatic rings. The lowest BCUT2D eigenvalue weighted by atomic mass is 10.00. The molecule has 1 N–H and O–H groups in total. The van der Waals surface area contributed by atoms with Crippen LogP contribution in [-0.2, 0) is 21.8 Å². The summed E-state index contributed by atoms with van der Waals surface area (Å²) < 4.78 is 13.6. The number of carbonyl (C=O) groups excluding carboxylic acids is 1. The number of thioether (sulfide) groups is 1. The molecular weight excluding hydrogens is 619 g/mol. The van der Waals surface area contributed by atoms with Gasteiger partial charge in [-0.15, -0.1) is 22.0 Å². The van der Waals surface area contributed by atoms with Crippen molar-refractivity contribution >= 4 is 35.1 Å². The molecule has 0 fully saturated rings. The fourth-order valence-corrected chi connectivity index (χ4v) is 6.55. The summed E-state index contributed by atoms with van der Waals surface area (Å²) in [5, 5.41) is 11.5. The van der Waals surface area contributed by atoms with Gasteiger partial charge in [0.25, 0.3) is 5.91 Å². The number of ether oxygens (including phenoxy) is 2. The largest absolute Gasteiger partial charge is 0.491 e. The summed E-state index contributed by atoms with van der Waals surface area (Å²) in [6, 6.07) is 22.8. The molecule has 254 valence electrons. The van der Waals surface area contributed by atoms with Crippen LogP contribution in [0, 0.1) is 5.92 Å². The van der Waals surface area contributed by atoms with Crippen LogP contribution in [-0.4, -0.2) is 53.6 Å². The Kier molecular flexibility index (Phi) is 13.1. The van der Waals surface area contributed by atoms with Crippen LogP contribution in [0.25, 0.3) is 17.2 Å². The number of unbranched alkanes of at least 4 members (excludes halogenated alkanes) is 1. The van der Waals surface area contributed by atoms with Gasteiger partial charge in [0.15, 0.2) is 0 Å². The second kappa shape index (κ2) is 17.9. The number of aryl methyl sites for hydroxylation is 1. The molecule has 5 rings (SSSR count). The van der Waals surface area contributed by atoms with Crippen molar-refractivity contribution in [3.05, 3.63) is 90.0 Å². The Hall–Kier alpha value is -4.08. The molecule has 1 aliphatic heterocycles. The van der Waals surface area contributed by atoms with Crippen molar-refractivity contribution < 1.29 is 14.3 Å². The van der Waals surface area contributed by atoms with Gasteiger partial charge in [-0.3, -0.25) is 4.79 Å². The van der Waals surface area contributed by atoms with Crippen molar-refractivity contribution in [2.24, 2.45) is 5.92 Å². The zero-order valence-corrected chi connectivity index (χ0v) is 29.6. The Balaban J connectivity index is 1.26. The number of nitrogens with zero attached hydrogens (tertiary/aromatic N) is 4. The van der Waals surface area contributed by atoms with Crippen molar-refractivity contribution in [1.29, 1.82) is 0 Å². The lowest BCUT2D eigenvalue weighted by molar-refractivity contribution is -0.112. The third kappa shape index (κ3) is 9.97. The second-order valence-electron chi connectivity index (χ2n) is 12.6. The molecule has 0 aliphatic carbocycles. The summed E-state index contributed by atoms with van der Waals surface area (Å²) in [6.45, 7) is 13.3. The predicted octanol–water partition coefficient (Wildman–Crippen LogP) is 8.73. The third-order valence-corrected chi connectivity index (χ3v) is 9.20. The normalized spacial score (nSPS) is 12.9. The maximum Gasteiger partial charge on any atom is 0.251 e. The third-order valence-electron chi connectivity index (χ3n) is 8.19. The van der Waals surface area contributed by atoms with E-state index < -0.39 is 0 Å². The number of hydrogen-bond donors (Lipinski definition) is 1. The van der Waals surface area contributed by atoms with Gasteiger partial charge in [0.2, 0.25) is 0 Å².